The number of aromatic nitrogens is 1. The number of rotatable bonds is 7. The minimum atomic E-state index is -0.409. The van der Waals surface area contributed by atoms with Crippen molar-refractivity contribution in [3.8, 4) is 0 Å². The molecule has 1 rings (SSSR count). The number of hydrogen-bond donors (Lipinski definition) is 1. The highest BCUT2D eigenvalue weighted by Crippen LogP contribution is 2.17. The normalized spacial score (nSPS) is 10.2. The monoisotopic (exact) mass is 237 g/mol. The Morgan fingerprint density at radius 1 is 1.35 bits per heavy atom. The summed E-state index contributed by atoms with van der Waals surface area (Å²) in [6, 6.07) is 3.15. The molecule has 94 valence electrons. The molecule has 0 amide bonds. The number of hydrogen-bond acceptors (Lipinski definition) is 4. The third-order valence-corrected chi connectivity index (χ3v) is 2.59. The molecule has 0 unspecified atom stereocenters. The fraction of sp³-hybridized carbons (Fsp3) is 0.583. The molecule has 17 heavy (non-hydrogen) atoms. The van der Waals surface area contributed by atoms with Crippen molar-refractivity contribution in [1.82, 2.24) is 4.98 Å². The van der Waals surface area contributed by atoms with E-state index in [1.165, 1.54) is 25.3 Å². The Bertz CT molecular complexity index is 380. The third-order valence-electron chi connectivity index (χ3n) is 2.59. The van der Waals surface area contributed by atoms with Crippen molar-refractivity contribution in [2.24, 2.45) is 0 Å². The van der Waals surface area contributed by atoms with Gasteiger partial charge in [-0.1, -0.05) is 26.2 Å². The lowest BCUT2D eigenvalue weighted by Crippen LogP contribution is -2.04. The molecule has 5 nitrogen and oxygen atoms in total. The summed E-state index contributed by atoms with van der Waals surface area (Å²) in [5.74, 6) is 0.713. The van der Waals surface area contributed by atoms with Gasteiger partial charge in [0.1, 0.15) is 11.5 Å². The van der Waals surface area contributed by atoms with Crippen molar-refractivity contribution in [2.75, 3.05) is 11.9 Å². The lowest BCUT2D eigenvalue weighted by molar-refractivity contribution is -0.385. The summed E-state index contributed by atoms with van der Waals surface area (Å²) in [5, 5.41) is 13.8. The molecule has 0 atom stereocenters. The minimum absolute atomic E-state index is 0.0709. The van der Waals surface area contributed by atoms with Gasteiger partial charge in [0, 0.05) is 12.6 Å². The molecule has 1 aromatic heterocycles. The number of nitro groups is 1. The van der Waals surface area contributed by atoms with E-state index in [2.05, 4.69) is 17.2 Å². The van der Waals surface area contributed by atoms with E-state index in [-0.39, 0.29) is 5.69 Å². The average Bonchev–Trinajstić information content (AvgIpc) is 2.28. The van der Waals surface area contributed by atoms with Crippen LogP contribution in [0.25, 0.3) is 0 Å². The van der Waals surface area contributed by atoms with Crippen LogP contribution in [0.15, 0.2) is 12.1 Å². The van der Waals surface area contributed by atoms with Crippen LogP contribution < -0.4 is 5.32 Å². The lowest BCUT2D eigenvalue weighted by atomic mass is 10.2. The molecule has 1 aromatic rings. The zero-order chi connectivity index (χ0) is 12.7. The highest BCUT2D eigenvalue weighted by atomic mass is 16.6. The summed E-state index contributed by atoms with van der Waals surface area (Å²) in [6.45, 7) is 4.69. The topological polar surface area (TPSA) is 68.1 Å². The fourth-order valence-electron chi connectivity index (χ4n) is 1.61. The van der Waals surface area contributed by atoms with Gasteiger partial charge in [0.05, 0.1) is 4.92 Å². The zero-order valence-electron chi connectivity index (χ0n) is 10.4. The highest BCUT2D eigenvalue weighted by molar-refractivity contribution is 5.44. The van der Waals surface area contributed by atoms with Gasteiger partial charge in [-0.15, -0.1) is 0 Å². The molecule has 0 aliphatic carbocycles. The number of pyridine rings is 1. The Labute approximate surface area is 101 Å². The first-order valence-electron chi connectivity index (χ1n) is 6.01. The molecule has 0 aliphatic rings. The molecule has 0 bridgehead atoms. The second-order valence-corrected chi connectivity index (χ2v) is 4.05. The Kier molecular flexibility index (Phi) is 5.39. The molecule has 0 aliphatic heterocycles. The van der Waals surface area contributed by atoms with Crippen LogP contribution in [-0.2, 0) is 0 Å². The fourth-order valence-corrected chi connectivity index (χ4v) is 1.61. The maximum absolute atomic E-state index is 10.6. The van der Waals surface area contributed by atoms with Crippen molar-refractivity contribution >= 4 is 11.5 Å². The van der Waals surface area contributed by atoms with Crippen molar-refractivity contribution in [1.29, 1.82) is 0 Å². The molecule has 1 N–H and O–H groups in total. The van der Waals surface area contributed by atoms with E-state index in [1.807, 2.05) is 0 Å². The number of nitrogens with zero attached hydrogens (tertiary/aromatic N) is 2. The van der Waals surface area contributed by atoms with Gasteiger partial charge in [0.15, 0.2) is 0 Å². The van der Waals surface area contributed by atoms with E-state index in [1.54, 1.807) is 13.0 Å². The van der Waals surface area contributed by atoms with Crippen LogP contribution in [0, 0.1) is 17.0 Å². The van der Waals surface area contributed by atoms with Crippen LogP contribution in [0.1, 0.15) is 38.3 Å². The van der Waals surface area contributed by atoms with E-state index >= 15 is 0 Å². The number of unbranched alkanes of at least 4 members (excludes halogenated alkanes) is 3. The molecular weight excluding hydrogens is 218 g/mol. The van der Waals surface area contributed by atoms with Crippen molar-refractivity contribution in [3.63, 3.8) is 0 Å². The van der Waals surface area contributed by atoms with Crippen molar-refractivity contribution in [2.45, 2.75) is 39.5 Å². The molecule has 1 heterocycles. The van der Waals surface area contributed by atoms with Crippen LogP contribution in [0.2, 0.25) is 0 Å². The lowest BCUT2D eigenvalue weighted by Gasteiger charge is -2.06. The molecular formula is C12H19N3O2. The summed E-state index contributed by atoms with van der Waals surface area (Å²) < 4.78 is 0. The molecule has 5 heteroatoms. The zero-order valence-corrected chi connectivity index (χ0v) is 10.4. The van der Waals surface area contributed by atoms with Gasteiger partial charge in [-0.05, 0) is 19.4 Å². The summed E-state index contributed by atoms with van der Waals surface area (Å²) >= 11 is 0. The molecule has 0 spiro atoms. The number of aryl methyl sites for hydroxylation is 1. The number of anilines is 1. The Morgan fingerprint density at radius 2 is 2.12 bits per heavy atom. The van der Waals surface area contributed by atoms with E-state index in [4.69, 9.17) is 0 Å². The van der Waals surface area contributed by atoms with Gasteiger partial charge in [0.2, 0.25) is 0 Å². The molecule has 0 saturated heterocycles. The van der Waals surface area contributed by atoms with Gasteiger partial charge < -0.3 is 5.32 Å². The second kappa shape index (κ2) is 6.83. The SMILES string of the molecule is CCCCCCNc1ccc([N+](=O)[O-])c(C)n1. The average molecular weight is 237 g/mol. The quantitative estimate of drug-likeness (QED) is 0.449. The first-order chi connectivity index (χ1) is 8.15. The second-order valence-electron chi connectivity index (χ2n) is 4.05. The predicted molar refractivity (Wildman–Crippen MR) is 68.3 cm³/mol. The van der Waals surface area contributed by atoms with Crippen LogP contribution in [0.4, 0.5) is 11.5 Å². The van der Waals surface area contributed by atoms with E-state index in [9.17, 15) is 10.1 Å². The maximum atomic E-state index is 10.6. The van der Waals surface area contributed by atoms with Crippen LogP contribution in [-0.4, -0.2) is 16.5 Å². The summed E-state index contributed by atoms with van der Waals surface area (Å²) in [5.41, 5.74) is 0.523. The van der Waals surface area contributed by atoms with Gasteiger partial charge >= 0.3 is 0 Å². The predicted octanol–water partition coefficient (Wildman–Crippen LogP) is 3.29. The summed E-state index contributed by atoms with van der Waals surface area (Å²) in [7, 11) is 0. The Balaban J connectivity index is 2.45. The molecule has 0 fully saturated rings. The third kappa shape index (κ3) is 4.38. The molecule has 0 saturated carbocycles. The first-order valence-corrected chi connectivity index (χ1v) is 6.01. The van der Waals surface area contributed by atoms with E-state index in [0.717, 1.165) is 13.0 Å². The van der Waals surface area contributed by atoms with Crippen LogP contribution in [0.5, 0.6) is 0 Å². The van der Waals surface area contributed by atoms with E-state index in [0.29, 0.717) is 11.5 Å². The molecule has 0 aromatic carbocycles. The van der Waals surface area contributed by atoms with Gasteiger partial charge in [-0.3, -0.25) is 10.1 Å². The number of nitrogens with one attached hydrogen (secondary N) is 1. The van der Waals surface area contributed by atoms with Crippen molar-refractivity contribution in [3.05, 3.63) is 27.9 Å². The highest BCUT2D eigenvalue weighted by Gasteiger charge is 2.11. The maximum Gasteiger partial charge on any atom is 0.290 e. The van der Waals surface area contributed by atoms with Gasteiger partial charge in [0.25, 0.3) is 5.69 Å². The molecule has 0 radical (unpaired) electrons. The summed E-state index contributed by atoms with van der Waals surface area (Å²) in [6.07, 6.45) is 4.77. The summed E-state index contributed by atoms with van der Waals surface area (Å²) in [4.78, 5) is 14.4. The standard InChI is InChI=1S/C12H19N3O2/c1-3-4-5-6-9-13-12-8-7-11(15(16)17)10(2)14-12/h7-8H,3-6,9H2,1-2H3,(H,13,14). The van der Waals surface area contributed by atoms with E-state index < -0.39 is 4.92 Å². The Hall–Kier alpha value is -1.65. The van der Waals surface area contributed by atoms with Gasteiger partial charge in [-0.25, -0.2) is 4.98 Å². The first kappa shape index (κ1) is 13.4. The van der Waals surface area contributed by atoms with Crippen LogP contribution >= 0.6 is 0 Å². The van der Waals surface area contributed by atoms with Gasteiger partial charge in [-0.2, -0.15) is 0 Å². The largest absolute Gasteiger partial charge is 0.370 e. The smallest absolute Gasteiger partial charge is 0.290 e. The Morgan fingerprint density at radius 3 is 2.71 bits per heavy atom. The van der Waals surface area contributed by atoms with Crippen LogP contribution in [0.3, 0.4) is 0 Å². The minimum Gasteiger partial charge on any atom is -0.370 e. The van der Waals surface area contributed by atoms with Crippen molar-refractivity contribution < 1.29 is 4.92 Å².